The Kier molecular flexibility index (Phi) is 8.48. The lowest BCUT2D eigenvalue weighted by Gasteiger charge is -2.58. The Morgan fingerprint density at radius 2 is 1.81 bits per heavy atom. The van der Waals surface area contributed by atoms with Crippen molar-refractivity contribution in [1.29, 1.82) is 0 Å². The van der Waals surface area contributed by atoms with E-state index in [9.17, 15) is 9.59 Å². The van der Waals surface area contributed by atoms with Gasteiger partial charge in [0.05, 0.1) is 5.56 Å². The zero-order chi connectivity index (χ0) is 19.9. The van der Waals surface area contributed by atoms with E-state index in [1.165, 1.54) is 30.6 Å². The van der Waals surface area contributed by atoms with Crippen LogP contribution in [-0.4, -0.2) is 12.2 Å². The highest BCUT2D eigenvalue weighted by Gasteiger charge is 2.52. The summed E-state index contributed by atoms with van der Waals surface area (Å²) in [5.74, 6) is 2.14. The molecule has 2 bridgehead atoms. The largest absolute Gasteiger partial charge is 0.366 e. The molecular weight excluding hydrogens is 342 g/mol. The number of rotatable bonds is 5. The Labute approximate surface area is 162 Å². The molecule has 1 amide bonds. The maximum Gasteiger partial charge on any atom is 0.250 e. The Bertz CT molecular complexity index is 631. The lowest BCUT2D eigenvalue weighted by atomic mass is 9.46. The highest BCUT2D eigenvalue weighted by atomic mass is 32.1. The molecule has 26 heavy (non-hydrogen) atoms. The number of nitrogens with two attached hydrogens (primary N) is 1. The smallest absolute Gasteiger partial charge is 0.250 e. The molecule has 3 nitrogen and oxygen atoms in total. The zero-order valence-corrected chi connectivity index (χ0v) is 17.4. The molecular formula is C22H33NO2S. The lowest BCUT2D eigenvalue weighted by molar-refractivity contribution is -0.115. The maximum absolute atomic E-state index is 10.9. The number of amides is 1. The summed E-state index contributed by atoms with van der Waals surface area (Å²) < 4.78 is 0. The molecule has 3 aliphatic rings. The molecule has 4 heteroatoms. The molecule has 3 saturated carbocycles. The second-order valence-electron chi connectivity index (χ2n) is 7.39. The van der Waals surface area contributed by atoms with Gasteiger partial charge in [-0.2, -0.15) is 0 Å². The molecule has 0 saturated heterocycles. The Morgan fingerprint density at radius 1 is 1.23 bits per heavy atom. The summed E-state index contributed by atoms with van der Waals surface area (Å²) in [6.07, 6.45) is 9.26. The van der Waals surface area contributed by atoms with Gasteiger partial charge >= 0.3 is 0 Å². The monoisotopic (exact) mass is 375 g/mol. The summed E-state index contributed by atoms with van der Waals surface area (Å²) in [7, 11) is 0. The highest BCUT2D eigenvalue weighted by molar-refractivity contribution is 7.11. The van der Waals surface area contributed by atoms with E-state index in [0.29, 0.717) is 11.0 Å². The molecule has 2 N–H and O–H groups in total. The summed E-state index contributed by atoms with van der Waals surface area (Å²) in [6.45, 7) is 16.0. The van der Waals surface area contributed by atoms with Crippen LogP contribution in [-0.2, 0) is 4.79 Å². The van der Waals surface area contributed by atoms with Crippen molar-refractivity contribution >= 4 is 35.7 Å². The molecule has 0 aliphatic heterocycles. The molecule has 3 aliphatic carbocycles. The van der Waals surface area contributed by atoms with E-state index in [4.69, 9.17) is 5.73 Å². The number of hydrogen-bond acceptors (Lipinski definition) is 3. The number of primary amides is 1. The van der Waals surface area contributed by atoms with Crippen molar-refractivity contribution in [2.75, 3.05) is 0 Å². The van der Waals surface area contributed by atoms with E-state index in [2.05, 4.69) is 27.0 Å². The number of hydrogen-bond donors (Lipinski definition) is 1. The van der Waals surface area contributed by atoms with Crippen LogP contribution in [0.3, 0.4) is 0 Å². The standard InChI is InChI=1S/C11H18O.C9H9NOS.C2H6/c1-11(2)9-5-8(3-4-12)6-10(11)7-9;1-3-6-7(9(10)11)5-12-8(6)4-2;1-2/h4,8-10H,3,5-7H2,1-2H3;3-5H,1-2H2,(H2,10,11);1-2H3. The van der Waals surface area contributed by atoms with Gasteiger partial charge < -0.3 is 10.5 Å². The average molecular weight is 376 g/mol. The minimum Gasteiger partial charge on any atom is -0.366 e. The first-order valence-corrected chi connectivity index (χ1v) is 10.3. The SMILES string of the molecule is C=Cc1scc(C(N)=O)c1C=C.CC.CC1(C)C2CC(CC=O)CC1C2. The fraction of sp³-hybridized carbons (Fsp3) is 0.545. The van der Waals surface area contributed by atoms with Crippen LogP contribution >= 0.6 is 11.3 Å². The molecule has 1 heterocycles. The number of fused-ring (bicyclic) bond motifs is 2. The Balaban J connectivity index is 0.000000238. The maximum atomic E-state index is 10.9. The molecule has 2 atom stereocenters. The topological polar surface area (TPSA) is 60.2 Å². The first-order valence-electron chi connectivity index (χ1n) is 9.44. The van der Waals surface area contributed by atoms with E-state index in [1.54, 1.807) is 17.5 Å². The predicted molar refractivity (Wildman–Crippen MR) is 113 cm³/mol. The van der Waals surface area contributed by atoms with Crippen LogP contribution in [0.1, 0.15) is 74.2 Å². The summed E-state index contributed by atoms with van der Waals surface area (Å²) in [6, 6.07) is 0. The van der Waals surface area contributed by atoms with Crippen molar-refractivity contribution in [3.63, 3.8) is 0 Å². The molecule has 0 spiro atoms. The third-order valence-electron chi connectivity index (χ3n) is 5.85. The van der Waals surface area contributed by atoms with E-state index < -0.39 is 5.91 Å². The summed E-state index contributed by atoms with van der Waals surface area (Å²) >= 11 is 1.44. The lowest BCUT2D eigenvalue weighted by Crippen LogP contribution is -2.50. The van der Waals surface area contributed by atoms with Crippen LogP contribution in [0.5, 0.6) is 0 Å². The summed E-state index contributed by atoms with van der Waals surface area (Å²) in [4.78, 5) is 22.1. The van der Waals surface area contributed by atoms with Crippen LogP contribution in [0.4, 0.5) is 0 Å². The number of thiophene rings is 1. The molecule has 0 radical (unpaired) electrons. The van der Waals surface area contributed by atoms with Crippen molar-refractivity contribution in [2.24, 2.45) is 28.9 Å². The molecule has 1 aromatic rings. The van der Waals surface area contributed by atoms with Gasteiger partial charge in [0, 0.05) is 22.2 Å². The van der Waals surface area contributed by atoms with E-state index in [1.807, 2.05) is 13.8 Å². The van der Waals surface area contributed by atoms with Gasteiger partial charge in [0.25, 0.3) is 0 Å². The average Bonchev–Trinajstić information content (AvgIpc) is 3.07. The van der Waals surface area contributed by atoms with Gasteiger partial charge in [-0.15, -0.1) is 11.3 Å². The first kappa shape index (κ1) is 22.4. The van der Waals surface area contributed by atoms with Crippen molar-refractivity contribution < 1.29 is 9.59 Å². The van der Waals surface area contributed by atoms with Crippen molar-refractivity contribution in [2.45, 2.75) is 53.4 Å². The van der Waals surface area contributed by atoms with Gasteiger partial charge in [-0.3, -0.25) is 4.79 Å². The number of aldehydes is 1. The number of carbonyl (C=O) groups excluding carboxylic acids is 2. The fourth-order valence-corrected chi connectivity index (χ4v) is 5.00. The van der Waals surface area contributed by atoms with Gasteiger partial charge in [0.1, 0.15) is 6.29 Å². The second-order valence-corrected chi connectivity index (χ2v) is 8.30. The van der Waals surface area contributed by atoms with Gasteiger partial charge in [0.2, 0.25) is 5.91 Å². The third kappa shape index (κ3) is 4.73. The highest BCUT2D eigenvalue weighted by Crippen LogP contribution is 2.60. The molecule has 1 aromatic heterocycles. The number of carbonyl (C=O) groups is 2. The van der Waals surface area contributed by atoms with Gasteiger partial charge in [-0.25, -0.2) is 0 Å². The van der Waals surface area contributed by atoms with Crippen LogP contribution in [0.25, 0.3) is 12.2 Å². The van der Waals surface area contributed by atoms with Crippen molar-refractivity contribution in [3.8, 4) is 0 Å². The molecule has 4 rings (SSSR count). The first-order chi connectivity index (χ1) is 12.3. The minimum atomic E-state index is -0.422. The van der Waals surface area contributed by atoms with E-state index >= 15 is 0 Å². The third-order valence-corrected chi connectivity index (χ3v) is 6.85. The quantitative estimate of drug-likeness (QED) is 0.660. The predicted octanol–water partition coefficient (Wildman–Crippen LogP) is 5.81. The van der Waals surface area contributed by atoms with Crippen molar-refractivity contribution in [3.05, 3.63) is 34.5 Å². The molecule has 2 unspecified atom stereocenters. The minimum absolute atomic E-state index is 0.422. The Morgan fingerprint density at radius 3 is 2.19 bits per heavy atom. The molecule has 0 aromatic carbocycles. The Hall–Kier alpha value is -1.68. The fourth-order valence-electron chi connectivity index (χ4n) is 4.09. The van der Waals surface area contributed by atoms with Crippen LogP contribution in [0.2, 0.25) is 0 Å². The zero-order valence-electron chi connectivity index (χ0n) is 16.6. The summed E-state index contributed by atoms with van der Waals surface area (Å²) in [5.41, 5.74) is 7.04. The van der Waals surface area contributed by atoms with Crippen LogP contribution in [0, 0.1) is 23.2 Å². The normalized spacial score (nSPS) is 24.5. The van der Waals surface area contributed by atoms with Crippen LogP contribution < -0.4 is 5.73 Å². The van der Waals surface area contributed by atoms with E-state index in [-0.39, 0.29) is 0 Å². The van der Waals surface area contributed by atoms with Gasteiger partial charge in [-0.05, 0) is 42.4 Å². The van der Waals surface area contributed by atoms with Crippen LogP contribution in [0.15, 0.2) is 18.5 Å². The van der Waals surface area contributed by atoms with Gasteiger partial charge in [0.15, 0.2) is 0 Å². The van der Waals surface area contributed by atoms with Gasteiger partial charge in [-0.1, -0.05) is 53.0 Å². The summed E-state index contributed by atoms with van der Waals surface area (Å²) in [5, 5.41) is 1.72. The van der Waals surface area contributed by atoms with E-state index in [0.717, 1.165) is 40.9 Å². The molecule has 144 valence electrons. The van der Waals surface area contributed by atoms with Crippen molar-refractivity contribution in [1.82, 2.24) is 0 Å². The molecule has 3 fully saturated rings. The second kappa shape index (κ2) is 9.86.